The molecule has 0 saturated carbocycles. The first kappa shape index (κ1) is 17.2. The maximum atomic E-state index is 11.9. The lowest BCUT2D eigenvalue weighted by atomic mass is 10.1. The van der Waals surface area contributed by atoms with Crippen molar-refractivity contribution < 1.29 is 9.84 Å². The van der Waals surface area contributed by atoms with E-state index in [-0.39, 0.29) is 11.9 Å². The molecule has 0 radical (unpaired) electrons. The average Bonchev–Trinajstić information content (AvgIpc) is 2.90. The predicted octanol–water partition coefficient (Wildman–Crippen LogP) is -0.0423. The third kappa shape index (κ3) is 3.57. The Balaban J connectivity index is 1.78. The average molecular weight is 368 g/mol. The van der Waals surface area contributed by atoms with E-state index >= 15 is 0 Å². The zero-order chi connectivity index (χ0) is 17.1. The Kier molecular flexibility index (Phi) is 5.41. The molecule has 24 heavy (non-hydrogen) atoms. The standard InChI is InChI=1S/C14H16N4O4S2/c15-11-12(24-23-10-3-1-2-5-16-10)8(7-19)22-13(11)18-6-4-9(20)17-14(18)21/h1-6,8,11-13,19H,7,15H2,(H,17,20,21)/t8-,11-,12-,13-/m1/s1. The molecule has 2 aromatic heterocycles. The highest BCUT2D eigenvalue weighted by Gasteiger charge is 2.44. The van der Waals surface area contributed by atoms with E-state index in [0.717, 1.165) is 5.03 Å². The van der Waals surface area contributed by atoms with Crippen molar-refractivity contribution in [3.63, 3.8) is 0 Å². The van der Waals surface area contributed by atoms with Crippen molar-refractivity contribution in [2.75, 3.05) is 6.61 Å². The van der Waals surface area contributed by atoms with Crippen LogP contribution in [0.15, 0.2) is 51.3 Å². The van der Waals surface area contributed by atoms with Crippen LogP contribution >= 0.6 is 21.6 Å². The van der Waals surface area contributed by atoms with Gasteiger partial charge in [0.15, 0.2) is 6.23 Å². The number of nitrogens with one attached hydrogen (secondary N) is 1. The second kappa shape index (κ2) is 7.53. The number of rotatable bonds is 5. The van der Waals surface area contributed by atoms with Crippen LogP contribution in [0.4, 0.5) is 0 Å². The molecule has 0 aromatic carbocycles. The zero-order valence-electron chi connectivity index (χ0n) is 12.4. The second-order valence-corrected chi connectivity index (χ2v) is 7.55. The number of nitrogens with zero attached hydrogens (tertiary/aromatic N) is 2. The smallest absolute Gasteiger partial charge is 0.330 e. The van der Waals surface area contributed by atoms with Crippen molar-refractivity contribution in [2.45, 2.75) is 28.6 Å². The van der Waals surface area contributed by atoms with E-state index in [2.05, 4.69) is 9.97 Å². The van der Waals surface area contributed by atoms with Gasteiger partial charge < -0.3 is 15.6 Å². The molecular formula is C14H16N4O4S2. The van der Waals surface area contributed by atoms with Gasteiger partial charge >= 0.3 is 5.69 Å². The van der Waals surface area contributed by atoms with E-state index < -0.39 is 29.6 Å². The molecule has 0 spiro atoms. The van der Waals surface area contributed by atoms with Gasteiger partial charge in [-0.25, -0.2) is 9.78 Å². The number of aliphatic hydroxyl groups excluding tert-OH is 1. The van der Waals surface area contributed by atoms with Gasteiger partial charge in [0.2, 0.25) is 0 Å². The highest BCUT2D eigenvalue weighted by atomic mass is 33.1. The molecule has 3 heterocycles. The first-order valence-electron chi connectivity index (χ1n) is 7.18. The topological polar surface area (TPSA) is 123 Å². The van der Waals surface area contributed by atoms with Crippen LogP contribution in [-0.2, 0) is 4.74 Å². The monoisotopic (exact) mass is 368 g/mol. The van der Waals surface area contributed by atoms with Crippen molar-refractivity contribution in [3.05, 3.63) is 57.5 Å². The molecular weight excluding hydrogens is 352 g/mol. The van der Waals surface area contributed by atoms with Gasteiger partial charge in [0, 0.05) is 18.5 Å². The van der Waals surface area contributed by atoms with Gasteiger partial charge in [0.25, 0.3) is 5.56 Å². The van der Waals surface area contributed by atoms with Crippen molar-refractivity contribution in [1.82, 2.24) is 14.5 Å². The van der Waals surface area contributed by atoms with E-state index in [1.807, 2.05) is 18.2 Å². The number of aromatic amines is 1. The molecule has 8 nitrogen and oxygen atoms in total. The summed E-state index contributed by atoms with van der Waals surface area (Å²) in [6.07, 6.45) is 1.76. The predicted molar refractivity (Wildman–Crippen MR) is 91.8 cm³/mol. The van der Waals surface area contributed by atoms with Crippen molar-refractivity contribution in [2.24, 2.45) is 5.73 Å². The summed E-state index contributed by atoms with van der Waals surface area (Å²) in [6.45, 7) is -0.219. The van der Waals surface area contributed by atoms with Crippen LogP contribution in [0.25, 0.3) is 0 Å². The third-order valence-electron chi connectivity index (χ3n) is 3.58. The molecule has 10 heteroatoms. The fourth-order valence-electron chi connectivity index (χ4n) is 2.41. The van der Waals surface area contributed by atoms with E-state index in [1.165, 1.54) is 38.4 Å². The lowest BCUT2D eigenvalue weighted by molar-refractivity contribution is -0.0272. The first-order valence-corrected chi connectivity index (χ1v) is 9.39. The summed E-state index contributed by atoms with van der Waals surface area (Å²) in [6, 6.07) is 6.28. The summed E-state index contributed by atoms with van der Waals surface area (Å²) < 4.78 is 6.98. The van der Waals surface area contributed by atoms with Gasteiger partial charge in [-0.1, -0.05) is 16.9 Å². The van der Waals surface area contributed by atoms with Crippen LogP contribution in [0.3, 0.4) is 0 Å². The normalized spacial score (nSPS) is 26.6. The molecule has 128 valence electrons. The van der Waals surface area contributed by atoms with Crippen molar-refractivity contribution in [3.8, 4) is 0 Å². The Bertz CT molecular complexity index is 797. The van der Waals surface area contributed by atoms with E-state index in [9.17, 15) is 14.7 Å². The SMILES string of the molecule is N[C@@H]1[C@H](SSc2ccccn2)[C@@H](CO)O[C@H]1n1ccc(=O)[nH]c1=O. The van der Waals surface area contributed by atoms with Crippen LogP contribution in [-0.4, -0.2) is 43.6 Å². The Morgan fingerprint density at radius 2 is 2.21 bits per heavy atom. The number of hydrogen-bond donors (Lipinski definition) is 3. The molecule has 4 N–H and O–H groups in total. The van der Waals surface area contributed by atoms with Crippen LogP contribution in [0.5, 0.6) is 0 Å². The Hall–Kier alpha value is -1.59. The van der Waals surface area contributed by atoms with E-state index in [1.54, 1.807) is 6.20 Å². The third-order valence-corrected chi connectivity index (χ3v) is 6.39. The van der Waals surface area contributed by atoms with Gasteiger partial charge in [-0.3, -0.25) is 14.3 Å². The number of hydrogen-bond acceptors (Lipinski definition) is 8. The molecule has 1 saturated heterocycles. The molecule has 1 fully saturated rings. The number of ether oxygens (including phenoxy) is 1. The van der Waals surface area contributed by atoms with Crippen LogP contribution in [0.2, 0.25) is 0 Å². The lowest BCUT2D eigenvalue weighted by Crippen LogP contribution is -2.41. The summed E-state index contributed by atoms with van der Waals surface area (Å²) in [7, 11) is 2.88. The van der Waals surface area contributed by atoms with Crippen LogP contribution in [0, 0.1) is 0 Å². The number of aromatic nitrogens is 3. The molecule has 4 atom stereocenters. The minimum atomic E-state index is -0.756. The fourth-order valence-corrected chi connectivity index (χ4v) is 5.08. The van der Waals surface area contributed by atoms with Gasteiger partial charge in [0.1, 0.15) is 5.03 Å². The number of nitrogens with two attached hydrogens (primary N) is 1. The van der Waals surface area contributed by atoms with Gasteiger partial charge in [-0.05, 0) is 22.9 Å². The minimum absolute atomic E-state index is 0.219. The molecule has 1 aliphatic rings. The Labute approximate surface area is 144 Å². The maximum absolute atomic E-state index is 11.9. The highest BCUT2D eigenvalue weighted by Crippen LogP contribution is 2.42. The quantitative estimate of drug-likeness (QED) is 0.628. The number of aliphatic hydroxyl groups is 1. The molecule has 3 rings (SSSR count). The van der Waals surface area contributed by atoms with Crippen molar-refractivity contribution in [1.29, 1.82) is 0 Å². The molecule has 0 unspecified atom stereocenters. The van der Waals surface area contributed by atoms with E-state index in [0.29, 0.717) is 0 Å². The van der Waals surface area contributed by atoms with Crippen LogP contribution < -0.4 is 17.0 Å². The first-order chi connectivity index (χ1) is 11.6. The van der Waals surface area contributed by atoms with Gasteiger partial charge in [-0.15, -0.1) is 0 Å². The van der Waals surface area contributed by atoms with Gasteiger partial charge in [-0.2, -0.15) is 0 Å². The summed E-state index contributed by atoms with van der Waals surface area (Å²) >= 11 is 0. The molecule has 0 aliphatic carbocycles. The van der Waals surface area contributed by atoms with Crippen LogP contribution in [0.1, 0.15) is 6.23 Å². The van der Waals surface area contributed by atoms with Gasteiger partial charge in [0.05, 0.1) is 24.0 Å². The van der Waals surface area contributed by atoms with Crippen molar-refractivity contribution >= 4 is 21.6 Å². The molecule has 0 bridgehead atoms. The summed E-state index contributed by atoms with van der Waals surface area (Å²) in [4.78, 5) is 29.5. The largest absolute Gasteiger partial charge is 0.394 e. The highest BCUT2D eigenvalue weighted by molar-refractivity contribution is 8.76. The fraction of sp³-hybridized carbons (Fsp3) is 0.357. The molecule has 1 aliphatic heterocycles. The Morgan fingerprint density at radius 3 is 2.88 bits per heavy atom. The molecule has 2 aromatic rings. The lowest BCUT2D eigenvalue weighted by Gasteiger charge is -2.19. The number of H-pyrrole nitrogens is 1. The molecule has 0 amide bonds. The Morgan fingerprint density at radius 1 is 1.38 bits per heavy atom. The maximum Gasteiger partial charge on any atom is 0.330 e. The number of pyridine rings is 1. The zero-order valence-corrected chi connectivity index (χ0v) is 14.1. The second-order valence-electron chi connectivity index (χ2n) is 5.15. The minimum Gasteiger partial charge on any atom is -0.394 e. The summed E-state index contributed by atoms with van der Waals surface area (Å²) in [5, 5.41) is 10.1. The summed E-state index contributed by atoms with van der Waals surface area (Å²) in [5.41, 5.74) is 5.17. The van der Waals surface area contributed by atoms with E-state index in [4.69, 9.17) is 10.5 Å². The summed E-state index contributed by atoms with van der Waals surface area (Å²) in [5.74, 6) is 0.